The van der Waals surface area contributed by atoms with E-state index in [4.69, 9.17) is 4.74 Å². The monoisotopic (exact) mass is 385 g/mol. The topological polar surface area (TPSA) is 70.7 Å². The molecule has 4 rings (SSSR count). The van der Waals surface area contributed by atoms with Gasteiger partial charge < -0.3 is 20.3 Å². The van der Waals surface area contributed by atoms with E-state index < -0.39 is 0 Å². The molecule has 152 valence electrons. The van der Waals surface area contributed by atoms with Crippen LogP contribution in [0.4, 0.5) is 5.69 Å². The van der Waals surface area contributed by atoms with Gasteiger partial charge in [-0.25, -0.2) is 0 Å². The second-order valence-electron chi connectivity index (χ2n) is 8.77. The Balaban J connectivity index is 1.30. The Kier molecular flexibility index (Phi) is 5.69. The normalized spacial score (nSPS) is 32.2. The van der Waals surface area contributed by atoms with E-state index in [1.807, 2.05) is 30.9 Å². The van der Waals surface area contributed by atoms with Crippen LogP contribution in [0.1, 0.15) is 56.3 Å². The number of nitrogens with one attached hydrogen (secondary N) is 2. The van der Waals surface area contributed by atoms with E-state index in [2.05, 4.69) is 10.6 Å². The number of morpholine rings is 1. The van der Waals surface area contributed by atoms with Crippen molar-refractivity contribution in [1.29, 1.82) is 0 Å². The molecular weight excluding hydrogens is 354 g/mol. The van der Waals surface area contributed by atoms with Crippen LogP contribution in [0.2, 0.25) is 0 Å². The predicted octanol–water partition coefficient (Wildman–Crippen LogP) is 2.80. The van der Waals surface area contributed by atoms with Crippen LogP contribution in [0.15, 0.2) is 24.3 Å². The van der Waals surface area contributed by atoms with Crippen molar-refractivity contribution >= 4 is 17.5 Å². The summed E-state index contributed by atoms with van der Waals surface area (Å²) >= 11 is 0. The maximum atomic E-state index is 12.7. The van der Waals surface area contributed by atoms with Gasteiger partial charge in [-0.05, 0) is 69.7 Å². The minimum absolute atomic E-state index is 0.0186. The maximum absolute atomic E-state index is 12.7. The number of rotatable bonds is 4. The molecule has 4 unspecified atom stereocenters. The fraction of sp³-hybridized carbons (Fsp3) is 0.636. The molecule has 3 aliphatic heterocycles. The van der Waals surface area contributed by atoms with Crippen LogP contribution >= 0.6 is 0 Å². The smallest absolute Gasteiger partial charge is 0.254 e. The highest BCUT2D eigenvalue weighted by Gasteiger charge is 2.34. The molecule has 6 nitrogen and oxygen atoms in total. The lowest BCUT2D eigenvalue weighted by Crippen LogP contribution is -2.48. The third kappa shape index (κ3) is 4.55. The molecule has 3 fully saturated rings. The molecule has 2 N–H and O–H groups in total. The molecule has 0 aromatic heterocycles. The average molecular weight is 386 g/mol. The van der Waals surface area contributed by atoms with Crippen LogP contribution in [0.3, 0.4) is 0 Å². The van der Waals surface area contributed by atoms with E-state index in [0.717, 1.165) is 18.5 Å². The van der Waals surface area contributed by atoms with Gasteiger partial charge in [0.1, 0.15) is 0 Å². The first-order valence-electron chi connectivity index (χ1n) is 10.6. The number of carbonyl (C=O) groups is 2. The van der Waals surface area contributed by atoms with Crippen LogP contribution in [-0.2, 0) is 9.53 Å². The Labute approximate surface area is 167 Å². The van der Waals surface area contributed by atoms with E-state index in [1.165, 1.54) is 12.8 Å². The van der Waals surface area contributed by atoms with Gasteiger partial charge in [0.05, 0.1) is 12.2 Å². The van der Waals surface area contributed by atoms with E-state index in [0.29, 0.717) is 43.1 Å². The molecule has 1 aromatic carbocycles. The number of carbonyl (C=O) groups excluding carboxylic acids is 2. The first kappa shape index (κ1) is 19.4. The lowest BCUT2D eigenvalue weighted by molar-refractivity contribution is -0.117. The zero-order valence-electron chi connectivity index (χ0n) is 16.8. The standard InChI is InChI=1S/C22H31N3O3/c1-14-12-25(13-15(2)28-14)22(27)17-3-5-18(6-4-17)24-21(26)11-16-9-19-7-8-20(10-16)23-19/h3-6,14-16,19-20,23H,7-13H2,1-2H3,(H,24,26). The Morgan fingerprint density at radius 1 is 1.07 bits per heavy atom. The fourth-order valence-corrected chi connectivity index (χ4v) is 5.04. The molecule has 2 amide bonds. The Bertz CT molecular complexity index is 698. The van der Waals surface area contributed by atoms with E-state index in [1.54, 1.807) is 12.1 Å². The lowest BCUT2D eigenvalue weighted by atomic mass is 9.89. The number of anilines is 1. The summed E-state index contributed by atoms with van der Waals surface area (Å²) in [7, 11) is 0. The predicted molar refractivity (Wildman–Crippen MR) is 108 cm³/mol. The highest BCUT2D eigenvalue weighted by Crippen LogP contribution is 2.32. The van der Waals surface area contributed by atoms with Crippen molar-refractivity contribution in [3.05, 3.63) is 29.8 Å². The van der Waals surface area contributed by atoms with Crippen molar-refractivity contribution in [1.82, 2.24) is 10.2 Å². The molecule has 0 saturated carbocycles. The van der Waals surface area contributed by atoms with Gasteiger partial charge in [-0.3, -0.25) is 9.59 Å². The molecule has 4 atom stereocenters. The lowest BCUT2D eigenvalue weighted by Gasteiger charge is -2.35. The fourth-order valence-electron chi connectivity index (χ4n) is 5.04. The molecule has 28 heavy (non-hydrogen) atoms. The number of hydrogen-bond acceptors (Lipinski definition) is 4. The minimum Gasteiger partial charge on any atom is -0.372 e. The van der Waals surface area contributed by atoms with Crippen molar-refractivity contribution in [3.8, 4) is 0 Å². The number of benzene rings is 1. The molecule has 2 bridgehead atoms. The van der Waals surface area contributed by atoms with Crippen LogP contribution in [0.25, 0.3) is 0 Å². The second-order valence-corrected chi connectivity index (χ2v) is 8.77. The summed E-state index contributed by atoms with van der Waals surface area (Å²) < 4.78 is 5.70. The van der Waals surface area contributed by atoms with Gasteiger partial charge in [0, 0.05) is 42.8 Å². The van der Waals surface area contributed by atoms with Crippen molar-refractivity contribution in [2.75, 3.05) is 18.4 Å². The largest absolute Gasteiger partial charge is 0.372 e. The van der Waals surface area contributed by atoms with Crippen LogP contribution in [0.5, 0.6) is 0 Å². The van der Waals surface area contributed by atoms with Crippen LogP contribution in [0, 0.1) is 5.92 Å². The van der Waals surface area contributed by atoms with Gasteiger partial charge in [-0.2, -0.15) is 0 Å². The highest BCUT2D eigenvalue weighted by molar-refractivity contribution is 5.96. The number of piperidine rings is 1. The Morgan fingerprint density at radius 2 is 1.68 bits per heavy atom. The van der Waals surface area contributed by atoms with Gasteiger partial charge in [-0.15, -0.1) is 0 Å². The Morgan fingerprint density at radius 3 is 2.29 bits per heavy atom. The number of amides is 2. The summed E-state index contributed by atoms with van der Waals surface area (Å²) in [6, 6.07) is 8.45. The van der Waals surface area contributed by atoms with Gasteiger partial charge in [0.15, 0.2) is 0 Å². The molecule has 0 aliphatic carbocycles. The molecule has 0 radical (unpaired) electrons. The summed E-state index contributed by atoms with van der Waals surface area (Å²) in [5, 5.41) is 6.61. The van der Waals surface area contributed by atoms with Crippen molar-refractivity contribution in [2.45, 2.75) is 70.2 Å². The van der Waals surface area contributed by atoms with Crippen LogP contribution in [-0.4, -0.2) is 54.1 Å². The van der Waals surface area contributed by atoms with Crippen LogP contribution < -0.4 is 10.6 Å². The van der Waals surface area contributed by atoms with Crippen molar-refractivity contribution < 1.29 is 14.3 Å². The van der Waals surface area contributed by atoms with E-state index in [-0.39, 0.29) is 24.0 Å². The summed E-state index contributed by atoms with van der Waals surface area (Å²) in [4.78, 5) is 27.0. The second kappa shape index (κ2) is 8.21. The summed E-state index contributed by atoms with van der Waals surface area (Å²) in [5.41, 5.74) is 1.40. The zero-order valence-corrected chi connectivity index (χ0v) is 16.8. The molecule has 1 aromatic rings. The first-order chi connectivity index (χ1) is 13.5. The SMILES string of the molecule is CC1CN(C(=O)c2ccc(NC(=O)CC3CC4CCC(C3)N4)cc2)CC(C)O1. The third-order valence-electron chi connectivity index (χ3n) is 6.17. The minimum atomic E-state index is 0.0186. The summed E-state index contributed by atoms with van der Waals surface area (Å²) in [6.07, 6.45) is 5.39. The van der Waals surface area contributed by atoms with Gasteiger partial charge in [0.2, 0.25) is 5.91 Å². The highest BCUT2D eigenvalue weighted by atomic mass is 16.5. The van der Waals surface area contributed by atoms with Gasteiger partial charge in [0.25, 0.3) is 5.91 Å². The van der Waals surface area contributed by atoms with Crippen molar-refractivity contribution in [3.63, 3.8) is 0 Å². The van der Waals surface area contributed by atoms with Gasteiger partial charge in [-0.1, -0.05) is 0 Å². The number of ether oxygens (including phenoxy) is 1. The zero-order chi connectivity index (χ0) is 19.7. The number of fused-ring (bicyclic) bond motifs is 2. The number of hydrogen-bond donors (Lipinski definition) is 2. The molecule has 0 spiro atoms. The van der Waals surface area contributed by atoms with Crippen molar-refractivity contribution in [2.24, 2.45) is 5.92 Å². The quantitative estimate of drug-likeness (QED) is 0.836. The maximum Gasteiger partial charge on any atom is 0.254 e. The molecule has 3 heterocycles. The van der Waals surface area contributed by atoms with E-state index in [9.17, 15) is 9.59 Å². The average Bonchev–Trinajstić information content (AvgIpc) is 2.99. The first-order valence-corrected chi connectivity index (χ1v) is 10.6. The molecular formula is C22H31N3O3. The molecule has 3 aliphatic rings. The summed E-state index contributed by atoms with van der Waals surface area (Å²) in [5.74, 6) is 0.566. The number of nitrogens with zero attached hydrogens (tertiary/aromatic N) is 1. The molecule has 6 heteroatoms. The Hall–Kier alpha value is -1.92. The third-order valence-corrected chi connectivity index (χ3v) is 6.17. The van der Waals surface area contributed by atoms with E-state index >= 15 is 0 Å². The van der Waals surface area contributed by atoms with Gasteiger partial charge >= 0.3 is 0 Å². The molecule has 3 saturated heterocycles. The summed E-state index contributed by atoms with van der Waals surface area (Å²) in [6.45, 7) is 5.20.